The van der Waals surface area contributed by atoms with Crippen LogP contribution >= 0.6 is 0 Å². The van der Waals surface area contributed by atoms with E-state index in [2.05, 4.69) is 10.0 Å². The maximum atomic E-state index is 14.5. The monoisotopic (exact) mass is 473 g/mol. The molecule has 1 aromatic rings. The number of rotatable bonds is 12. The van der Waals surface area contributed by atoms with Crippen LogP contribution in [0.3, 0.4) is 0 Å². The number of aryl methyl sites for hydroxylation is 1. The van der Waals surface area contributed by atoms with Gasteiger partial charge in [-0.05, 0) is 43.9 Å². The number of aldehydes is 1. The van der Waals surface area contributed by atoms with Crippen molar-refractivity contribution in [2.45, 2.75) is 44.8 Å². The Morgan fingerprint density at radius 3 is 2.53 bits per heavy atom. The number of nitrogens with one attached hydrogen (secondary N) is 2. The van der Waals surface area contributed by atoms with Gasteiger partial charge in [0.25, 0.3) is 0 Å². The molecule has 1 aliphatic rings. The fraction of sp³-hybridized carbons (Fsp3) is 0.500. The molecule has 7 nitrogen and oxygen atoms in total. The Morgan fingerprint density at radius 2 is 2.03 bits per heavy atom. The summed E-state index contributed by atoms with van der Waals surface area (Å²) in [5, 5.41) is 11.9. The molecule has 3 N–H and O–H groups in total. The number of methoxy groups -OCH3 is 1. The van der Waals surface area contributed by atoms with Crippen molar-refractivity contribution in [3.63, 3.8) is 0 Å². The molecule has 0 saturated heterocycles. The number of anilines is 1. The Morgan fingerprint density at radius 1 is 1.38 bits per heavy atom. The molecule has 1 unspecified atom stereocenters. The van der Waals surface area contributed by atoms with Gasteiger partial charge in [-0.15, -0.1) is 0 Å². The number of ether oxygens (including phenoxy) is 1. The lowest BCUT2D eigenvalue weighted by Crippen LogP contribution is -2.33. The van der Waals surface area contributed by atoms with E-state index in [0.717, 1.165) is 0 Å². The van der Waals surface area contributed by atoms with Gasteiger partial charge in [0.15, 0.2) is 12.1 Å². The first kappa shape index (κ1) is 27.7. The summed E-state index contributed by atoms with van der Waals surface area (Å²) in [4.78, 5) is 12.8. The lowest BCUT2D eigenvalue weighted by atomic mass is 10.2. The molecule has 0 aliphatic heterocycles. The molecule has 0 radical (unpaired) electrons. The van der Waals surface area contributed by atoms with Crippen molar-refractivity contribution >= 4 is 23.0 Å². The van der Waals surface area contributed by atoms with E-state index in [1.165, 1.54) is 30.3 Å². The van der Waals surface area contributed by atoms with Crippen LogP contribution in [0.15, 0.2) is 41.6 Å². The zero-order valence-corrected chi connectivity index (χ0v) is 20.0. The molecule has 0 amide bonds. The van der Waals surface area contributed by atoms with Gasteiger partial charge in [0, 0.05) is 27.0 Å². The van der Waals surface area contributed by atoms with Gasteiger partial charge in [-0.25, -0.2) is 13.0 Å². The highest BCUT2D eigenvalue weighted by Gasteiger charge is 2.48. The maximum absolute atomic E-state index is 14.5. The van der Waals surface area contributed by atoms with Gasteiger partial charge in [0.05, 0.1) is 16.1 Å². The highest BCUT2D eigenvalue weighted by Crippen LogP contribution is 2.44. The number of allylic oxidation sites excluding steroid dienone is 1. The average Bonchev–Trinajstić information content (AvgIpc) is 3.55. The average molecular weight is 474 g/mol. The molecule has 1 aromatic carbocycles. The van der Waals surface area contributed by atoms with Gasteiger partial charge in [-0.3, -0.25) is 4.79 Å². The summed E-state index contributed by atoms with van der Waals surface area (Å²) in [5.41, 5.74) is 0.261. The van der Waals surface area contributed by atoms with Crippen LogP contribution in [0, 0.1) is 12.7 Å². The molecule has 0 heterocycles. The Balaban J connectivity index is 0.00000249. The predicted octanol–water partition coefficient (Wildman–Crippen LogP) is 3.50. The molecular formula is C22H33F2N3O4S. The minimum atomic E-state index is -1.67. The number of aliphatic hydroxyl groups excluding tert-OH is 1. The summed E-state index contributed by atoms with van der Waals surface area (Å²) in [6.07, 6.45) is 3.01. The molecule has 10 heteroatoms. The molecule has 0 aromatic heterocycles. The number of carbonyl (C=O) groups is 1. The summed E-state index contributed by atoms with van der Waals surface area (Å²) in [5.74, 6) is -1.82. The molecule has 1 aliphatic carbocycles. The summed E-state index contributed by atoms with van der Waals surface area (Å²) in [6, 6.07) is 4.32. The second kappa shape index (κ2) is 13.3. The van der Waals surface area contributed by atoms with Crippen molar-refractivity contribution in [3.05, 3.63) is 53.0 Å². The number of benzene rings is 1. The van der Waals surface area contributed by atoms with Gasteiger partial charge in [-0.2, -0.15) is 0 Å². The number of halogens is 2. The van der Waals surface area contributed by atoms with E-state index in [1.54, 1.807) is 20.0 Å². The van der Waals surface area contributed by atoms with Gasteiger partial charge in [-0.1, -0.05) is 19.9 Å². The minimum absolute atomic E-state index is 0.0101. The second-order valence-corrected chi connectivity index (χ2v) is 8.80. The van der Waals surface area contributed by atoms with Crippen molar-refractivity contribution in [2.75, 3.05) is 32.8 Å². The Kier molecular flexibility index (Phi) is 11.5. The molecule has 0 bridgehead atoms. The topological polar surface area (TPSA) is 90.9 Å². The maximum Gasteiger partial charge on any atom is 0.188 e. The predicted molar refractivity (Wildman–Crippen MR) is 123 cm³/mol. The Labute approximate surface area is 191 Å². The van der Waals surface area contributed by atoms with Crippen LogP contribution in [0.5, 0.6) is 0 Å². The summed E-state index contributed by atoms with van der Waals surface area (Å²) in [7, 11) is 1.44. The molecule has 180 valence electrons. The van der Waals surface area contributed by atoms with Crippen LogP contribution in [0.25, 0.3) is 0 Å². The largest absolute Gasteiger partial charge is 0.396 e. The SMILES string of the molecule is CC.COCN(C)/C=C(NS(=O)C1(CCO)CC1)\C(Nc1ccc(C)cc1F)=C(\F)C=O. The third kappa shape index (κ3) is 7.68. The van der Waals surface area contributed by atoms with E-state index in [0.29, 0.717) is 24.8 Å². The van der Waals surface area contributed by atoms with Crippen LogP contribution in [0.1, 0.15) is 38.7 Å². The normalized spacial score (nSPS) is 16.2. The summed E-state index contributed by atoms with van der Waals surface area (Å²) >= 11 is 0. The lowest BCUT2D eigenvalue weighted by molar-refractivity contribution is -0.106. The van der Waals surface area contributed by atoms with E-state index in [9.17, 15) is 22.9 Å². The molecule has 1 fully saturated rings. The van der Waals surface area contributed by atoms with Crippen LogP contribution < -0.4 is 10.0 Å². The van der Waals surface area contributed by atoms with E-state index in [-0.39, 0.29) is 36.7 Å². The van der Waals surface area contributed by atoms with Gasteiger partial charge in [0.2, 0.25) is 0 Å². The molecule has 1 atom stereocenters. The minimum Gasteiger partial charge on any atom is -0.396 e. The standard InChI is InChI=1S/C20H27F2N3O4S.C2H6/c1-14-4-5-17(15(21)10-14)23-19(16(22)12-27)18(11-25(2)13-29-3)24-30(28)20(6-7-20)8-9-26;1-2/h4-5,10-12,23-24,26H,6-9,13H2,1-3H3;1-2H3/b18-11+,19-16-;. The van der Waals surface area contributed by atoms with Crippen molar-refractivity contribution < 1.29 is 27.6 Å². The number of hydrogen-bond donors (Lipinski definition) is 3. The van der Waals surface area contributed by atoms with Gasteiger partial charge >= 0.3 is 0 Å². The summed E-state index contributed by atoms with van der Waals surface area (Å²) < 4.78 is 48.9. The zero-order chi connectivity index (χ0) is 24.3. The van der Waals surface area contributed by atoms with E-state index < -0.39 is 27.4 Å². The number of carbonyl (C=O) groups excluding carboxylic acids is 1. The Bertz CT molecular complexity index is 858. The Hall–Kier alpha value is -2.30. The highest BCUT2D eigenvalue weighted by molar-refractivity contribution is 7.85. The molecular weight excluding hydrogens is 440 g/mol. The van der Waals surface area contributed by atoms with Crippen molar-refractivity contribution in [1.82, 2.24) is 9.62 Å². The fourth-order valence-corrected chi connectivity index (χ4v) is 4.17. The summed E-state index contributed by atoms with van der Waals surface area (Å²) in [6.45, 7) is 5.71. The fourth-order valence-electron chi connectivity index (χ4n) is 2.85. The van der Waals surface area contributed by atoms with Crippen LogP contribution in [-0.4, -0.2) is 52.7 Å². The second-order valence-electron chi connectivity index (χ2n) is 7.19. The molecule has 1 saturated carbocycles. The van der Waals surface area contributed by atoms with Crippen LogP contribution in [0.4, 0.5) is 14.5 Å². The van der Waals surface area contributed by atoms with E-state index >= 15 is 0 Å². The highest BCUT2D eigenvalue weighted by atomic mass is 32.2. The first-order valence-electron chi connectivity index (χ1n) is 10.3. The number of nitrogens with zero attached hydrogens (tertiary/aromatic N) is 1. The van der Waals surface area contributed by atoms with Crippen LogP contribution in [-0.2, 0) is 20.5 Å². The quantitative estimate of drug-likeness (QED) is 0.186. The molecule has 32 heavy (non-hydrogen) atoms. The first-order valence-corrected chi connectivity index (χ1v) is 11.5. The smallest absolute Gasteiger partial charge is 0.188 e. The first-order chi connectivity index (χ1) is 15.3. The van der Waals surface area contributed by atoms with Crippen LogP contribution in [0.2, 0.25) is 0 Å². The third-order valence-corrected chi connectivity index (χ3v) is 6.45. The third-order valence-electron chi connectivity index (χ3n) is 4.65. The molecule has 2 rings (SSSR count). The van der Waals surface area contributed by atoms with Crippen molar-refractivity contribution in [2.24, 2.45) is 0 Å². The molecule has 0 spiro atoms. The van der Waals surface area contributed by atoms with Crippen molar-refractivity contribution in [1.29, 1.82) is 0 Å². The van der Waals surface area contributed by atoms with E-state index in [4.69, 9.17) is 4.74 Å². The lowest BCUT2D eigenvalue weighted by Gasteiger charge is -2.22. The van der Waals surface area contributed by atoms with Gasteiger partial charge < -0.3 is 24.8 Å². The van der Waals surface area contributed by atoms with Crippen molar-refractivity contribution in [3.8, 4) is 0 Å². The van der Waals surface area contributed by atoms with Gasteiger partial charge in [0.1, 0.15) is 29.2 Å². The zero-order valence-electron chi connectivity index (χ0n) is 19.2. The number of aliphatic hydroxyl groups is 1. The number of hydrogen-bond acceptors (Lipinski definition) is 6. The van der Waals surface area contributed by atoms with E-state index in [1.807, 2.05) is 13.8 Å².